The lowest BCUT2D eigenvalue weighted by atomic mass is 10.2. The van der Waals surface area contributed by atoms with Crippen molar-refractivity contribution in [2.45, 2.75) is 32.9 Å². The van der Waals surface area contributed by atoms with Crippen LogP contribution in [0, 0.1) is 0 Å². The van der Waals surface area contributed by atoms with Crippen molar-refractivity contribution in [3.63, 3.8) is 0 Å². The summed E-state index contributed by atoms with van der Waals surface area (Å²) in [7, 11) is 3.11. The Morgan fingerprint density at radius 2 is 1.91 bits per heavy atom. The fourth-order valence-electron chi connectivity index (χ4n) is 1.80. The van der Waals surface area contributed by atoms with E-state index in [1.54, 1.807) is 32.4 Å². The van der Waals surface area contributed by atoms with Crippen molar-refractivity contribution in [3.8, 4) is 11.5 Å². The van der Waals surface area contributed by atoms with E-state index in [1.807, 2.05) is 13.0 Å². The number of ether oxygens (including phenoxy) is 3. The van der Waals surface area contributed by atoms with Crippen LogP contribution < -0.4 is 14.8 Å². The quantitative estimate of drug-likeness (QED) is 0.587. The van der Waals surface area contributed by atoms with Crippen LogP contribution >= 0.6 is 0 Å². The number of esters is 1. The normalized spacial score (nSPS) is 11.8. The smallest absolute Gasteiger partial charge is 0.331 e. The van der Waals surface area contributed by atoms with Crippen molar-refractivity contribution in [2.75, 3.05) is 14.2 Å². The first kappa shape index (κ1) is 18.5. The molecule has 1 aromatic carbocycles. The Balaban J connectivity index is 2.55. The highest BCUT2D eigenvalue weighted by Crippen LogP contribution is 2.27. The van der Waals surface area contributed by atoms with Crippen LogP contribution in [0.2, 0.25) is 0 Å². The molecular weight excluding hydrogens is 298 g/mol. The standard InChI is InChI=1S/C17H23NO5/c1-5-6-7-16(19)23-12(2)17(20)18-11-13-8-9-14(21-3)15(10-13)22-4/h6-10,12H,5,11H2,1-4H3,(H,18,20)/b7-6+/t12-/m1/s1. The molecule has 0 aliphatic carbocycles. The Kier molecular flexibility index (Phi) is 7.66. The molecule has 0 saturated heterocycles. The lowest BCUT2D eigenvalue weighted by Crippen LogP contribution is -2.35. The van der Waals surface area contributed by atoms with Crippen LogP contribution in [0.15, 0.2) is 30.4 Å². The summed E-state index contributed by atoms with van der Waals surface area (Å²) in [6, 6.07) is 5.36. The van der Waals surface area contributed by atoms with Gasteiger partial charge in [0.05, 0.1) is 14.2 Å². The molecule has 0 fully saturated rings. The van der Waals surface area contributed by atoms with Gasteiger partial charge in [0.25, 0.3) is 5.91 Å². The van der Waals surface area contributed by atoms with E-state index >= 15 is 0 Å². The maximum Gasteiger partial charge on any atom is 0.331 e. The molecule has 1 rings (SSSR count). The van der Waals surface area contributed by atoms with Crippen molar-refractivity contribution in [1.29, 1.82) is 0 Å². The number of carbonyl (C=O) groups excluding carboxylic acids is 2. The summed E-state index contributed by atoms with van der Waals surface area (Å²) < 4.78 is 15.4. The molecule has 23 heavy (non-hydrogen) atoms. The van der Waals surface area contributed by atoms with E-state index in [9.17, 15) is 9.59 Å². The summed E-state index contributed by atoms with van der Waals surface area (Å²) in [5.74, 6) is 0.315. The Morgan fingerprint density at radius 1 is 1.22 bits per heavy atom. The van der Waals surface area contributed by atoms with Gasteiger partial charge < -0.3 is 19.5 Å². The van der Waals surface area contributed by atoms with E-state index in [1.165, 1.54) is 13.0 Å². The topological polar surface area (TPSA) is 73.9 Å². The number of rotatable bonds is 8. The molecule has 0 unspecified atom stereocenters. The average molecular weight is 321 g/mol. The molecule has 126 valence electrons. The molecule has 1 amide bonds. The van der Waals surface area contributed by atoms with Gasteiger partial charge in [-0.2, -0.15) is 0 Å². The second kappa shape index (κ2) is 9.50. The molecule has 0 heterocycles. The van der Waals surface area contributed by atoms with Gasteiger partial charge in [-0.05, 0) is 31.0 Å². The highest BCUT2D eigenvalue weighted by molar-refractivity contribution is 5.87. The Bertz CT molecular complexity index is 568. The van der Waals surface area contributed by atoms with Gasteiger partial charge in [-0.1, -0.05) is 19.1 Å². The molecule has 0 aromatic heterocycles. The third-order valence-electron chi connectivity index (χ3n) is 3.07. The summed E-state index contributed by atoms with van der Waals surface area (Å²) >= 11 is 0. The predicted molar refractivity (Wildman–Crippen MR) is 86.4 cm³/mol. The van der Waals surface area contributed by atoms with Crippen molar-refractivity contribution < 1.29 is 23.8 Å². The van der Waals surface area contributed by atoms with Gasteiger partial charge in [0.1, 0.15) is 0 Å². The van der Waals surface area contributed by atoms with Gasteiger partial charge in [0, 0.05) is 12.6 Å². The van der Waals surface area contributed by atoms with Crippen LogP contribution in [0.1, 0.15) is 25.8 Å². The molecule has 0 bridgehead atoms. The van der Waals surface area contributed by atoms with Crippen LogP contribution in [0.4, 0.5) is 0 Å². The fraction of sp³-hybridized carbons (Fsp3) is 0.412. The van der Waals surface area contributed by atoms with E-state index < -0.39 is 12.1 Å². The van der Waals surface area contributed by atoms with Crippen LogP contribution in [0.5, 0.6) is 11.5 Å². The number of benzene rings is 1. The van der Waals surface area contributed by atoms with E-state index in [0.717, 1.165) is 12.0 Å². The van der Waals surface area contributed by atoms with Crippen LogP contribution in [-0.4, -0.2) is 32.2 Å². The number of carbonyl (C=O) groups is 2. The minimum absolute atomic E-state index is 0.297. The second-order valence-corrected chi connectivity index (χ2v) is 4.80. The third kappa shape index (κ3) is 6.02. The molecule has 1 aromatic rings. The molecule has 6 nitrogen and oxygen atoms in total. The van der Waals surface area contributed by atoms with Crippen LogP contribution in [-0.2, 0) is 20.9 Å². The molecule has 0 aliphatic heterocycles. The molecule has 0 saturated carbocycles. The zero-order chi connectivity index (χ0) is 17.2. The highest BCUT2D eigenvalue weighted by Gasteiger charge is 2.16. The lowest BCUT2D eigenvalue weighted by Gasteiger charge is -2.13. The second-order valence-electron chi connectivity index (χ2n) is 4.80. The minimum atomic E-state index is -0.857. The number of amides is 1. The molecule has 6 heteroatoms. The largest absolute Gasteiger partial charge is 0.493 e. The first-order valence-electron chi connectivity index (χ1n) is 7.37. The van der Waals surface area contributed by atoms with Crippen molar-refractivity contribution in [2.24, 2.45) is 0 Å². The van der Waals surface area contributed by atoms with Gasteiger partial charge in [-0.15, -0.1) is 0 Å². The monoisotopic (exact) mass is 321 g/mol. The predicted octanol–water partition coefficient (Wildman–Crippen LogP) is 2.22. The number of hydrogen-bond donors (Lipinski definition) is 1. The molecule has 0 radical (unpaired) electrons. The summed E-state index contributed by atoms with van der Waals surface area (Å²) in [4.78, 5) is 23.4. The van der Waals surface area contributed by atoms with E-state index in [0.29, 0.717) is 18.0 Å². The van der Waals surface area contributed by atoms with Crippen molar-refractivity contribution >= 4 is 11.9 Å². The van der Waals surface area contributed by atoms with E-state index in [-0.39, 0.29) is 5.91 Å². The lowest BCUT2D eigenvalue weighted by molar-refractivity contribution is -0.150. The zero-order valence-electron chi connectivity index (χ0n) is 13.9. The Hall–Kier alpha value is -2.50. The van der Waals surface area contributed by atoms with Crippen LogP contribution in [0.3, 0.4) is 0 Å². The summed E-state index contributed by atoms with van der Waals surface area (Å²) in [5, 5.41) is 2.71. The average Bonchev–Trinajstić information content (AvgIpc) is 2.57. The molecular formula is C17H23NO5. The van der Waals surface area contributed by atoms with Crippen molar-refractivity contribution in [1.82, 2.24) is 5.32 Å². The highest BCUT2D eigenvalue weighted by atomic mass is 16.5. The van der Waals surface area contributed by atoms with Crippen LogP contribution in [0.25, 0.3) is 0 Å². The van der Waals surface area contributed by atoms with Gasteiger partial charge in [0.15, 0.2) is 17.6 Å². The maximum absolute atomic E-state index is 11.9. The summed E-state index contributed by atoms with van der Waals surface area (Å²) in [6.07, 6.45) is 2.87. The summed E-state index contributed by atoms with van der Waals surface area (Å²) in [6.45, 7) is 3.73. The SMILES string of the molecule is CC/C=C/C(=O)O[C@H](C)C(=O)NCc1ccc(OC)c(OC)c1. The van der Waals surface area contributed by atoms with Gasteiger partial charge in [-0.3, -0.25) is 4.79 Å². The number of methoxy groups -OCH3 is 2. The van der Waals surface area contributed by atoms with E-state index in [4.69, 9.17) is 14.2 Å². The minimum Gasteiger partial charge on any atom is -0.493 e. The first-order valence-corrected chi connectivity index (χ1v) is 7.37. The zero-order valence-corrected chi connectivity index (χ0v) is 13.9. The molecule has 1 N–H and O–H groups in total. The molecule has 0 spiro atoms. The molecule has 1 atom stereocenters. The maximum atomic E-state index is 11.9. The fourth-order valence-corrected chi connectivity index (χ4v) is 1.80. The third-order valence-corrected chi connectivity index (χ3v) is 3.07. The summed E-state index contributed by atoms with van der Waals surface area (Å²) in [5.41, 5.74) is 0.848. The van der Waals surface area contributed by atoms with Gasteiger partial charge in [0.2, 0.25) is 0 Å². The first-order chi connectivity index (χ1) is 11.0. The number of nitrogens with one attached hydrogen (secondary N) is 1. The van der Waals surface area contributed by atoms with E-state index in [2.05, 4.69) is 5.32 Å². The number of hydrogen-bond acceptors (Lipinski definition) is 5. The molecule has 0 aliphatic rings. The van der Waals surface area contributed by atoms with Crippen molar-refractivity contribution in [3.05, 3.63) is 35.9 Å². The Labute approximate surface area is 136 Å². The number of allylic oxidation sites excluding steroid dienone is 1. The van der Waals surface area contributed by atoms with Gasteiger partial charge >= 0.3 is 5.97 Å². The van der Waals surface area contributed by atoms with Gasteiger partial charge in [-0.25, -0.2) is 4.79 Å². The Morgan fingerprint density at radius 3 is 2.52 bits per heavy atom.